The molecule has 18 heavy (non-hydrogen) atoms. The third-order valence-electron chi connectivity index (χ3n) is 2.76. The fourth-order valence-corrected chi connectivity index (χ4v) is 2.01. The highest BCUT2D eigenvalue weighted by atomic mass is 16.5. The maximum absolute atomic E-state index is 10.4. The van der Waals surface area contributed by atoms with Crippen molar-refractivity contribution < 1.29 is 14.3 Å². The maximum atomic E-state index is 10.4. The van der Waals surface area contributed by atoms with Crippen molar-refractivity contribution in [3.63, 3.8) is 0 Å². The second kappa shape index (κ2) is 5.12. The molecule has 4 heteroatoms. The van der Waals surface area contributed by atoms with E-state index >= 15 is 0 Å². The number of fused-ring (bicyclic) bond motifs is 1. The van der Waals surface area contributed by atoms with Crippen LogP contribution < -0.4 is 4.74 Å². The summed E-state index contributed by atoms with van der Waals surface area (Å²) in [6.07, 6.45) is 1.65. The van der Waals surface area contributed by atoms with Crippen LogP contribution in [0.3, 0.4) is 0 Å². The minimum Gasteiger partial charge on any atom is -0.490 e. The summed E-state index contributed by atoms with van der Waals surface area (Å²) in [7, 11) is 0. The highest BCUT2D eigenvalue weighted by Gasteiger charge is 2.16. The number of benzene rings is 1. The molecular formula is C14H17NO3. The third-order valence-corrected chi connectivity index (χ3v) is 2.76. The Hall–Kier alpha value is -1.97. The summed E-state index contributed by atoms with van der Waals surface area (Å²) in [4.78, 5) is 13.6. The molecule has 1 unspecified atom stereocenters. The van der Waals surface area contributed by atoms with Gasteiger partial charge in [0.2, 0.25) is 0 Å². The molecule has 2 rings (SSSR count). The van der Waals surface area contributed by atoms with Crippen LogP contribution >= 0.6 is 0 Å². The number of hydrogen-bond acceptors (Lipinski definition) is 3. The number of aromatic amines is 1. The Bertz CT molecular complexity index is 545. The second-order valence-corrected chi connectivity index (χ2v) is 4.46. The van der Waals surface area contributed by atoms with Gasteiger partial charge in [0.05, 0.1) is 6.10 Å². The lowest BCUT2D eigenvalue weighted by Gasteiger charge is -2.14. The van der Waals surface area contributed by atoms with Gasteiger partial charge in [-0.05, 0) is 32.9 Å². The number of nitrogens with one attached hydrogen (secondary N) is 1. The molecule has 0 aliphatic carbocycles. The summed E-state index contributed by atoms with van der Waals surface area (Å²) < 4.78 is 10.8. The molecule has 4 nitrogen and oxygen atoms in total. The fourth-order valence-electron chi connectivity index (χ4n) is 2.01. The molecule has 0 aliphatic heterocycles. The maximum Gasteiger partial charge on any atom is 0.293 e. The van der Waals surface area contributed by atoms with Crippen LogP contribution in [0.1, 0.15) is 32.4 Å². The van der Waals surface area contributed by atoms with Crippen molar-refractivity contribution >= 4 is 17.4 Å². The lowest BCUT2D eigenvalue weighted by Crippen LogP contribution is -2.06. The van der Waals surface area contributed by atoms with Crippen LogP contribution in [0, 0.1) is 0 Å². The molecule has 0 saturated heterocycles. The van der Waals surface area contributed by atoms with Crippen molar-refractivity contribution in [1.82, 2.24) is 4.98 Å². The van der Waals surface area contributed by atoms with Crippen LogP contribution in [0.4, 0.5) is 0 Å². The zero-order valence-corrected chi connectivity index (χ0v) is 10.8. The van der Waals surface area contributed by atoms with E-state index in [1.54, 1.807) is 0 Å². The van der Waals surface area contributed by atoms with Crippen molar-refractivity contribution in [3.8, 4) is 5.75 Å². The van der Waals surface area contributed by atoms with E-state index in [2.05, 4.69) is 4.98 Å². The minimum absolute atomic E-state index is 0.0978. The van der Waals surface area contributed by atoms with Crippen LogP contribution in [0.25, 0.3) is 10.9 Å². The fraction of sp³-hybridized carbons (Fsp3) is 0.357. The first-order valence-corrected chi connectivity index (χ1v) is 5.99. The molecule has 0 spiro atoms. The summed E-state index contributed by atoms with van der Waals surface area (Å²) in [6.45, 7) is 6.27. The van der Waals surface area contributed by atoms with E-state index in [1.807, 2.05) is 45.2 Å². The average molecular weight is 247 g/mol. The largest absolute Gasteiger partial charge is 0.490 e. The summed E-state index contributed by atoms with van der Waals surface area (Å²) >= 11 is 0. The molecule has 0 amide bonds. The summed E-state index contributed by atoms with van der Waals surface area (Å²) in [5.74, 6) is 0.806. The van der Waals surface area contributed by atoms with Gasteiger partial charge in [0.1, 0.15) is 11.9 Å². The van der Waals surface area contributed by atoms with Crippen LogP contribution in [0.5, 0.6) is 5.75 Å². The van der Waals surface area contributed by atoms with Gasteiger partial charge in [0, 0.05) is 22.7 Å². The first kappa shape index (κ1) is 12.5. The minimum atomic E-state index is -0.298. The van der Waals surface area contributed by atoms with Crippen molar-refractivity contribution in [2.75, 3.05) is 0 Å². The smallest absolute Gasteiger partial charge is 0.293 e. The van der Waals surface area contributed by atoms with Crippen LogP contribution in [0.2, 0.25) is 0 Å². The van der Waals surface area contributed by atoms with E-state index in [-0.39, 0.29) is 12.2 Å². The standard InChI is InChI=1S/C14H17NO3/c1-9(2)18-13-6-4-5-12-14(13)11(7-15-12)10(3)17-8-16/h4-10,15H,1-3H3. The summed E-state index contributed by atoms with van der Waals surface area (Å²) in [5, 5.41) is 0.973. The molecule has 0 bridgehead atoms. The molecule has 96 valence electrons. The van der Waals surface area contributed by atoms with Gasteiger partial charge in [-0.1, -0.05) is 6.07 Å². The molecule has 2 aromatic rings. The summed E-state index contributed by atoms with van der Waals surface area (Å²) in [5.41, 5.74) is 1.90. The van der Waals surface area contributed by atoms with Crippen molar-refractivity contribution in [1.29, 1.82) is 0 Å². The van der Waals surface area contributed by atoms with Gasteiger partial charge in [0.25, 0.3) is 6.47 Å². The van der Waals surface area contributed by atoms with Gasteiger partial charge in [-0.3, -0.25) is 4.79 Å². The zero-order valence-electron chi connectivity index (χ0n) is 10.8. The molecule has 1 atom stereocenters. The molecule has 0 fully saturated rings. The number of carbonyl (C=O) groups is 1. The Morgan fingerprint density at radius 3 is 2.72 bits per heavy atom. The van der Waals surface area contributed by atoms with E-state index in [0.717, 1.165) is 22.2 Å². The van der Waals surface area contributed by atoms with Crippen LogP contribution in [-0.2, 0) is 9.53 Å². The van der Waals surface area contributed by atoms with Gasteiger partial charge in [0.15, 0.2) is 0 Å². The predicted octanol–water partition coefficient (Wildman–Crippen LogP) is 3.19. The van der Waals surface area contributed by atoms with E-state index in [0.29, 0.717) is 6.47 Å². The Labute approximate surface area is 106 Å². The monoisotopic (exact) mass is 247 g/mol. The predicted molar refractivity (Wildman–Crippen MR) is 69.6 cm³/mol. The van der Waals surface area contributed by atoms with Gasteiger partial charge in [-0.15, -0.1) is 0 Å². The quantitative estimate of drug-likeness (QED) is 0.825. The Balaban J connectivity index is 2.51. The third kappa shape index (κ3) is 2.32. The van der Waals surface area contributed by atoms with E-state index in [9.17, 15) is 4.79 Å². The average Bonchev–Trinajstić information content (AvgIpc) is 2.73. The zero-order chi connectivity index (χ0) is 13.1. The van der Waals surface area contributed by atoms with Crippen LogP contribution in [0.15, 0.2) is 24.4 Å². The molecule has 0 saturated carbocycles. The van der Waals surface area contributed by atoms with Crippen molar-refractivity contribution in [2.24, 2.45) is 0 Å². The first-order chi connectivity index (χ1) is 8.63. The number of rotatable bonds is 5. The molecule has 1 aromatic heterocycles. The highest BCUT2D eigenvalue weighted by molar-refractivity contribution is 5.89. The lowest BCUT2D eigenvalue weighted by molar-refractivity contribution is -0.133. The molecule has 1 aromatic carbocycles. The molecular weight excluding hydrogens is 230 g/mol. The second-order valence-electron chi connectivity index (χ2n) is 4.46. The molecule has 1 N–H and O–H groups in total. The topological polar surface area (TPSA) is 51.3 Å². The lowest BCUT2D eigenvalue weighted by atomic mass is 10.1. The Morgan fingerprint density at radius 2 is 2.06 bits per heavy atom. The number of hydrogen-bond donors (Lipinski definition) is 1. The van der Waals surface area contributed by atoms with E-state index in [1.165, 1.54) is 0 Å². The van der Waals surface area contributed by atoms with Gasteiger partial charge >= 0.3 is 0 Å². The number of aromatic nitrogens is 1. The van der Waals surface area contributed by atoms with Crippen molar-refractivity contribution in [3.05, 3.63) is 30.0 Å². The first-order valence-electron chi connectivity index (χ1n) is 5.99. The van der Waals surface area contributed by atoms with E-state index < -0.39 is 0 Å². The number of carbonyl (C=O) groups excluding carboxylic acids is 1. The van der Waals surface area contributed by atoms with Gasteiger partial charge in [-0.25, -0.2) is 0 Å². The Kier molecular flexibility index (Phi) is 3.55. The highest BCUT2D eigenvalue weighted by Crippen LogP contribution is 2.33. The SMILES string of the molecule is CC(C)Oc1cccc2[nH]cc(C(C)OC=O)c12. The van der Waals surface area contributed by atoms with E-state index in [4.69, 9.17) is 9.47 Å². The van der Waals surface area contributed by atoms with Gasteiger partial charge < -0.3 is 14.5 Å². The van der Waals surface area contributed by atoms with Gasteiger partial charge in [-0.2, -0.15) is 0 Å². The normalized spacial score (nSPS) is 12.7. The molecule has 1 heterocycles. The Morgan fingerprint density at radius 1 is 1.28 bits per heavy atom. The molecule has 0 radical (unpaired) electrons. The van der Waals surface area contributed by atoms with Crippen LogP contribution in [-0.4, -0.2) is 17.6 Å². The molecule has 0 aliphatic rings. The van der Waals surface area contributed by atoms with Crippen molar-refractivity contribution in [2.45, 2.75) is 33.0 Å². The number of ether oxygens (including phenoxy) is 2. The summed E-state index contributed by atoms with van der Waals surface area (Å²) in [6, 6.07) is 5.83. The number of H-pyrrole nitrogens is 1.